The van der Waals surface area contributed by atoms with Crippen LogP contribution in [-0.2, 0) is 14.9 Å². The van der Waals surface area contributed by atoms with Crippen molar-refractivity contribution < 1.29 is 13.9 Å². The third-order valence-corrected chi connectivity index (χ3v) is 7.95. The zero-order chi connectivity index (χ0) is 17.9. The van der Waals surface area contributed by atoms with Crippen LogP contribution in [0.3, 0.4) is 0 Å². The quantitative estimate of drug-likeness (QED) is 0.821. The Morgan fingerprint density at radius 3 is 2.19 bits per heavy atom. The Labute approximate surface area is 154 Å². The largest absolute Gasteiger partial charge is 0.378 e. The van der Waals surface area contributed by atoms with Crippen LogP contribution in [0.4, 0.5) is 4.39 Å². The zero-order valence-electron chi connectivity index (χ0n) is 15.5. The Bertz CT molecular complexity index is 667. The SMILES string of the molecule is COC1CN(C(=O)CC2(c3ccc(F)cc3)C3CC4CC(C3)CC2C4)C1. The van der Waals surface area contributed by atoms with Crippen molar-refractivity contribution in [3.8, 4) is 0 Å². The second kappa shape index (κ2) is 6.05. The number of hydrogen-bond donors (Lipinski definition) is 0. The molecule has 4 aliphatic carbocycles. The van der Waals surface area contributed by atoms with E-state index in [1.54, 1.807) is 19.2 Å². The van der Waals surface area contributed by atoms with Crippen molar-refractivity contribution in [3.05, 3.63) is 35.6 Å². The lowest BCUT2D eigenvalue weighted by Gasteiger charge is -2.62. The summed E-state index contributed by atoms with van der Waals surface area (Å²) in [5.74, 6) is 2.92. The van der Waals surface area contributed by atoms with Crippen molar-refractivity contribution in [2.75, 3.05) is 20.2 Å². The van der Waals surface area contributed by atoms with Gasteiger partial charge in [-0.1, -0.05) is 12.1 Å². The number of amides is 1. The first-order chi connectivity index (χ1) is 12.6. The summed E-state index contributed by atoms with van der Waals surface area (Å²) in [6.45, 7) is 1.44. The van der Waals surface area contributed by atoms with Crippen molar-refractivity contribution in [2.45, 2.75) is 50.0 Å². The molecule has 4 saturated carbocycles. The minimum Gasteiger partial charge on any atom is -0.378 e. The standard InChI is InChI=1S/C22H28FNO2/c1-26-20-12-24(13-20)21(25)11-22(16-2-4-19(23)5-3-16)17-7-14-6-15(9-17)10-18(22)8-14/h2-5,14-15,17-18,20H,6-13H2,1H3. The molecule has 1 aromatic carbocycles. The van der Waals surface area contributed by atoms with E-state index in [0.717, 1.165) is 24.9 Å². The average molecular weight is 357 g/mol. The molecule has 4 heteroatoms. The fourth-order valence-corrected chi connectivity index (χ4v) is 6.80. The smallest absolute Gasteiger partial charge is 0.223 e. The van der Waals surface area contributed by atoms with Crippen LogP contribution in [0.25, 0.3) is 0 Å². The maximum Gasteiger partial charge on any atom is 0.223 e. The number of rotatable bonds is 4. The molecule has 0 spiro atoms. The molecule has 0 aromatic heterocycles. The van der Waals surface area contributed by atoms with Crippen LogP contribution >= 0.6 is 0 Å². The monoisotopic (exact) mass is 357 g/mol. The third-order valence-electron chi connectivity index (χ3n) is 7.95. The highest BCUT2D eigenvalue weighted by Gasteiger charge is 2.58. The van der Waals surface area contributed by atoms with Crippen molar-refractivity contribution in [2.24, 2.45) is 23.7 Å². The van der Waals surface area contributed by atoms with Gasteiger partial charge in [0.15, 0.2) is 0 Å². The number of benzene rings is 1. The molecular formula is C22H28FNO2. The number of methoxy groups -OCH3 is 1. The van der Waals surface area contributed by atoms with Gasteiger partial charge in [-0.3, -0.25) is 4.79 Å². The van der Waals surface area contributed by atoms with Crippen LogP contribution in [0.15, 0.2) is 24.3 Å². The van der Waals surface area contributed by atoms with Gasteiger partial charge in [0.25, 0.3) is 0 Å². The molecule has 6 rings (SSSR count). The predicted molar refractivity (Wildman–Crippen MR) is 97.1 cm³/mol. The number of carbonyl (C=O) groups is 1. The molecule has 0 atom stereocenters. The maximum absolute atomic E-state index is 13.6. The second-order valence-corrected chi connectivity index (χ2v) is 9.18. The third kappa shape index (κ3) is 2.45. The molecule has 1 heterocycles. The van der Waals surface area contributed by atoms with Crippen LogP contribution in [0.2, 0.25) is 0 Å². The lowest BCUT2D eigenvalue weighted by Crippen LogP contribution is -2.60. The van der Waals surface area contributed by atoms with E-state index in [9.17, 15) is 9.18 Å². The van der Waals surface area contributed by atoms with Gasteiger partial charge in [0.1, 0.15) is 5.82 Å². The fourth-order valence-electron chi connectivity index (χ4n) is 6.80. The molecule has 5 fully saturated rings. The zero-order valence-corrected chi connectivity index (χ0v) is 15.5. The van der Waals surface area contributed by atoms with Gasteiger partial charge in [-0.25, -0.2) is 4.39 Å². The van der Waals surface area contributed by atoms with Gasteiger partial charge in [-0.15, -0.1) is 0 Å². The molecule has 0 unspecified atom stereocenters. The summed E-state index contributed by atoms with van der Waals surface area (Å²) in [4.78, 5) is 15.1. The van der Waals surface area contributed by atoms with E-state index in [0.29, 0.717) is 18.3 Å². The summed E-state index contributed by atoms with van der Waals surface area (Å²) in [5, 5.41) is 0. The Hall–Kier alpha value is -1.42. The van der Waals surface area contributed by atoms with Crippen molar-refractivity contribution in [1.82, 2.24) is 4.90 Å². The van der Waals surface area contributed by atoms with Crippen LogP contribution in [0, 0.1) is 29.5 Å². The number of hydrogen-bond acceptors (Lipinski definition) is 2. The van der Waals surface area contributed by atoms with E-state index in [1.165, 1.54) is 37.7 Å². The van der Waals surface area contributed by atoms with Crippen molar-refractivity contribution in [3.63, 3.8) is 0 Å². The topological polar surface area (TPSA) is 29.5 Å². The summed E-state index contributed by atoms with van der Waals surface area (Å²) in [6, 6.07) is 7.08. The van der Waals surface area contributed by atoms with Gasteiger partial charge in [-0.05, 0) is 73.5 Å². The number of carbonyl (C=O) groups excluding carboxylic acids is 1. The molecule has 0 N–H and O–H groups in total. The molecule has 4 bridgehead atoms. The Morgan fingerprint density at radius 1 is 1.08 bits per heavy atom. The number of ether oxygens (including phenoxy) is 1. The number of nitrogens with zero attached hydrogens (tertiary/aromatic N) is 1. The highest BCUT2D eigenvalue weighted by molar-refractivity contribution is 5.79. The normalized spacial score (nSPS) is 38.5. The molecule has 3 nitrogen and oxygen atoms in total. The molecule has 1 aliphatic heterocycles. The first-order valence-electron chi connectivity index (χ1n) is 10.1. The summed E-state index contributed by atoms with van der Waals surface area (Å²) in [5.41, 5.74) is 1.11. The van der Waals surface area contributed by atoms with Gasteiger partial charge in [0, 0.05) is 32.0 Å². The molecule has 1 saturated heterocycles. The van der Waals surface area contributed by atoms with E-state index >= 15 is 0 Å². The van der Waals surface area contributed by atoms with E-state index in [2.05, 4.69) is 0 Å². The highest BCUT2D eigenvalue weighted by atomic mass is 19.1. The Morgan fingerprint density at radius 2 is 1.65 bits per heavy atom. The molecular weight excluding hydrogens is 329 g/mol. The van der Waals surface area contributed by atoms with Gasteiger partial charge in [-0.2, -0.15) is 0 Å². The van der Waals surface area contributed by atoms with Gasteiger partial charge in [0.2, 0.25) is 5.91 Å². The number of likely N-dealkylation sites (tertiary alicyclic amines) is 1. The van der Waals surface area contributed by atoms with Crippen LogP contribution in [0.5, 0.6) is 0 Å². The first-order valence-corrected chi connectivity index (χ1v) is 10.1. The Kier molecular flexibility index (Phi) is 3.89. The summed E-state index contributed by atoms with van der Waals surface area (Å²) in [6.07, 6.45) is 7.17. The van der Waals surface area contributed by atoms with Gasteiger partial charge in [0.05, 0.1) is 6.10 Å². The van der Waals surface area contributed by atoms with Gasteiger partial charge < -0.3 is 9.64 Å². The van der Waals surface area contributed by atoms with Crippen molar-refractivity contribution in [1.29, 1.82) is 0 Å². The van der Waals surface area contributed by atoms with Crippen molar-refractivity contribution >= 4 is 5.91 Å². The lowest BCUT2D eigenvalue weighted by molar-refractivity contribution is -0.150. The molecule has 1 amide bonds. The maximum atomic E-state index is 13.6. The van der Waals surface area contributed by atoms with E-state index < -0.39 is 0 Å². The first kappa shape index (κ1) is 16.7. The van der Waals surface area contributed by atoms with Crippen LogP contribution in [0.1, 0.15) is 44.1 Å². The molecule has 0 radical (unpaired) electrons. The molecule has 5 aliphatic rings. The van der Waals surface area contributed by atoms with E-state index in [1.807, 2.05) is 17.0 Å². The minimum atomic E-state index is -0.190. The van der Waals surface area contributed by atoms with Crippen LogP contribution in [-0.4, -0.2) is 37.1 Å². The van der Waals surface area contributed by atoms with E-state index in [4.69, 9.17) is 4.74 Å². The van der Waals surface area contributed by atoms with Gasteiger partial charge >= 0.3 is 0 Å². The van der Waals surface area contributed by atoms with Crippen LogP contribution < -0.4 is 0 Å². The fraction of sp³-hybridized carbons (Fsp3) is 0.682. The average Bonchev–Trinajstić information content (AvgIpc) is 2.57. The minimum absolute atomic E-state index is 0.0869. The molecule has 1 aromatic rings. The predicted octanol–water partition coefficient (Wildman–Crippen LogP) is 3.77. The molecule has 26 heavy (non-hydrogen) atoms. The van der Waals surface area contributed by atoms with E-state index in [-0.39, 0.29) is 23.2 Å². The second-order valence-electron chi connectivity index (χ2n) is 9.18. The lowest BCUT2D eigenvalue weighted by atomic mass is 9.43. The Balaban J connectivity index is 1.48. The summed E-state index contributed by atoms with van der Waals surface area (Å²) < 4.78 is 18.9. The number of halogens is 1. The highest BCUT2D eigenvalue weighted by Crippen LogP contribution is 2.64. The summed E-state index contributed by atoms with van der Waals surface area (Å²) in [7, 11) is 1.71. The molecule has 140 valence electrons. The summed E-state index contributed by atoms with van der Waals surface area (Å²) >= 11 is 0.